The lowest BCUT2D eigenvalue weighted by molar-refractivity contribution is -0.126. The fraction of sp³-hybridized carbons (Fsp3) is 0.382. The van der Waals surface area contributed by atoms with Gasteiger partial charge in [-0.15, -0.1) is 0 Å². The first-order valence-corrected chi connectivity index (χ1v) is 16.0. The van der Waals surface area contributed by atoms with Crippen LogP contribution in [0.1, 0.15) is 32.6 Å². The zero-order valence-corrected chi connectivity index (χ0v) is 26.2. The van der Waals surface area contributed by atoms with Crippen molar-refractivity contribution in [2.45, 2.75) is 44.2 Å². The summed E-state index contributed by atoms with van der Waals surface area (Å²) in [5.41, 5.74) is 0.944. The van der Waals surface area contributed by atoms with E-state index < -0.39 is 5.82 Å². The second-order valence-corrected chi connectivity index (χ2v) is 13.0. The average Bonchev–Trinajstić information content (AvgIpc) is 3.60. The molecular formula is C34H34Cl2FN5O2. The number of hydrogen-bond donors (Lipinski definition) is 0. The Bertz CT molecular complexity index is 1780. The zero-order valence-electron chi connectivity index (χ0n) is 24.7. The highest BCUT2D eigenvalue weighted by molar-refractivity contribution is 6.38. The summed E-state index contributed by atoms with van der Waals surface area (Å²) in [7, 11) is 0. The van der Waals surface area contributed by atoms with Crippen molar-refractivity contribution < 1.29 is 13.9 Å². The molecule has 0 spiro atoms. The summed E-state index contributed by atoms with van der Waals surface area (Å²) in [6, 6.07) is 13.0. The molecule has 228 valence electrons. The molecule has 4 aromatic rings. The summed E-state index contributed by atoms with van der Waals surface area (Å²) in [4.78, 5) is 28.3. The Kier molecular flexibility index (Phi) is 7.63. The average molecular weight is 635 g/mol. The molecule has 3 saturated heterocycles. The van der Waals surface area contributed by atoms with E-state index in [1.165, 1.54) is 6.08 Å². The van der Waals surface area contributed by atoms with Gasteiger partial charge < -0.3 is 14.5 Å². The molecule has 7 rings (SSSR count). The van der Waals surface area contributed by atoms with E-state index in [1.807, 2.05) is 37.3 Å². The second kappa shape index (κ2) is 11.5. The minimum atomic E-state index is -0.553. The molecule has 0 N–H and O–H groups in total. The number of piperazine rings is 1. The number of aromatic nitrogens is 2. The third-order valence-corrected chi connectivity index (χ3v) is 10.2. The monoisotopic (exact) mass is 633 g/mol. The van der Waals surface area contributed by atoms with Gasteiger partial charge in [0.05, 0.1) is 10.6 Å². The van der Waals surface area contributed by atoms with Gasteiger partial charge in [-0.05, 0) is 74.9 Å². The summed E-state index contributed by atoms with van der Waals surface area (Å²) in [6.45, 7) is 9.72. The number of carbonyl (C=O) groups excluding carboxylic acids is 1. The molecule has 1 aromatic heterocycles. The Morgan fingerprint density at radius 2 is 1.84 bits per heavy atom. The van der Waals surface area contributed by atoms with Crippen molar-refractivity contribution in [3.05, 3.63) is 71.0 Å². The number of hydrogen-bond acceptors (Lipinski definition) is 6. The van der Waals surface area contributed by atoms with Gasteiger partial charge in [-0.3, -0.25) is 9.69 Å². The SMILES string of the molecule is C=CC(=O)N1CCN(c2nc(OCC34CCCN3CCC4)nc3c(F)c(-c4cccc5cccc(Cl)c45)c(Cl)cc23)[C@@H](C)C1. The van der Waals surface area contributed by atoms with E-state index >= 15 is 4.39 Å². The van der Waals surface area contributed by atoms with Gasteiger partial charge in [0.25, 0.3) is 0 Å². The largest absolute Gasteiger partial charge is 0.461 e. The lowest BCUT2D eigenvalue weighted by Crippen LogP contribution is -2.53. The molecule has 3 aromatic carbocycles. The van der Waals surface area contributed by atoms with Crippen LogP contribution >= 0.6 is 23.2 Å². The van der Waals surface area contributed by atoms with Gasteiger partial charge >= 0.3 is 6.01 Å². The van der Waals surface area contributed by atoms with Crippen molar-refractivity contribution in [1.82, 2.24) is 19.8 Å². The number of fused-ring (bicyclic) bond motifs is 3. The number of rotatable bonds is 6. The van der Waals surface area contributed by atoms with Crippen LogP contribution in [-0.2, 0) is 4.79 Å². The molecule has 44 heavy (non-hydrogen) atoms. The normalized spacial score (nSPS) is 20.0. The van der Waals surface area contributed by atoms with Crippen LogP contribution in [0.3, 0.4) is 0 Å². The van der Waals surface area contributed by atoms with E-state index in [0.717, 1.165) is 49.5 Å². The summed E-state index contributed by atoms with van der Waals surface area (Å²) in [5.74, 6) is -0.126. The highest BCUT2D eigenvalue weighted by atomic mass is 35.5. The van der Waals surface area contributed by atoms with Gasteiger partial charge in [0.1, 0.15) is 17.9 Å². The van der Waals surface area contributed by atoms with E-state index in [2.05, 4.69) is 16.4 Å². The molecule has 1 atom stereocenters. The zero-order chi connectivity index (χ0) is 30.6. The molecule has 0 aliphatic carbocycles. The molecule has 1 amide bonds. The van der Waals surface area contributed by atoms with E-state index in [-0.39, 0.29) is 39.6 Å². The molecule has 10 heteroatoms. The smallest absolute Gasteiger partial charge is 0.319 e. The summed E-state index contributed by atoms with van der Waals surface area (Å²) in [5, 5.41) is 2.85. The third-order valence-electron chi connectivity index (χ3n) is 9.63. The maximum atomic E-state index is 16.9. The highest BCUT2D eigenvalue weighted by Gasteiger charge is 2.45. The number of carbonyl (C=O) groups is 1. The third kappa shape index (κ3) is 4.88. The number of nitrogens with zero attached hydrogens (tertiary/aromatic N) is 5. The molecule has 0 bridgehead atoms. The van der Waals surface area contributed by atoms with E-state index in [4.69, 9.17) is 37.9 Å². The lowest BCUT2D eigenvalue weighted by atomic mass is 9.95. The number of anilines is 1. The Morgan fingerprint density at radius 1 is 1.09 bits per heavy atom. The summed E-state index contributed by atoms with van der Waals surface area (Å²) in [6.07, 6.45) is 5.75. The Labute approximate surface area is 266 Å². The van der Waals surface area contributed by atoms with Crippen molar-refractivity contribution >= 4 is 56.6 Å². The maximum Gasteiger partial charge on any atom is 0.319 e. The molecular weight excluding hydrogens is 600 g/mol. The van der Waals surface area contributed by atoms with E-state index in [1.54, 1.807) is 17.0 Å². The van der Waals surface area contributed by atoms with Crippen molar-refractivity contribution in [3.8, 4) is 17.1 Å². The van der Waals surface area contributed by atoms with Crippen LogP contribution in [0.5, 0.6) is 6.01 Å². The Morgan fingerprint density at radius 3 is 2.57 bits per heavy atom. The Balaban J connectivity index is 1.36. The second-order valence-electron chi connectivity index (χ2n) is 12.2. The van der Waals surface area contributed by atoms with Crippen LogP contribution < -0.4 is 9.64 Å². The van der Waals surface area contributed by atoms with Crippen LogP contribution in [0.4, 0.5) is 10.2 Å². The van der Waals surface area contributed by atoms with Gasteiger partial charge in [0.15, 0.2) is 5.82 Å². The quantitative estimate of drug-likeness (QED) is 0.211. The predicted octanol–water partition coefficient (Wildman–Crippen LogP) is 7.13. The number of amides is 1. The number of ether oxygens (including phenoxy) is 1. The van der Waals surface area contributed by atoms with Gasteiger partial charge in [-0.25, -0.2) is 4.39 Å². The Hall–Kier alpha value is -3.46. The minimum Gasteiger partial charge on any atom is -0.461 e. The molecule has 3 aliphatic heterocycles. The fourth-order valence-corrected chi connectivity index (χ4v) is 8.03. The van der Waals surface area contributed by atoms with Crippen LogP contribution in [-0.4, -0.2) is 76.6 Å². The maximum absolute atomic E-state index is 16.9. The van der Waals surface area contributed by atoms with Gasteiger partial charge in [-0.1, -0.05) is 60.1 Å². The van der Waals surface area contributed by atoms with Crippen LogP contribution in [0, 0.1) is 5.82 Å². The molecule has 0 radical (unpaired) electrons. The van der Waals surface area contributed by atoms with Gasteiger partial charge in [-0.2, -0.15) is 9.97 Å². The lowest BCUT2D eigenvalue weighted by Gasteiger charge is -2.40. The van der Waals surface area contributed by atoms with Crippen molar-refractivity contribution in [2.24, 2.45) is 0 Å². The molecule has 0 unspecified atom stereocenters. The van der Waals surface area contributed by atoms with Crippen molar-refractivity contribution in [3.63, 3.8) is 0 Å². The first-order chi connectivity index (χ1) is 21.3. The van der Waals surface area contributed by atoms with Crippen molar-refractivity contribution in [1.29, 1.82) is 0 Å². The molecule has 3 fully saturated rings. The number of halogens is 3. The molecule has 3 aliphatic rings. The van der Waals surface area contributed by atoms with Crippen LogP contribution in [0.15, 0.2) is 55.1 Å². The summed E-state index contributed by atoms with van der Waals surface area (Å²) < 4.78 is 23.3. The topological polar surface area (TPSA) is 61.8 Å². The predicted molar refractivity (Wildman–Crippen MR) is 174 cm³/mol. The molecule has 7 nitrogen and oxygen atoms in total. The van der Waals surface area contributed by atoms with Crippen molar-refractivity contribution in [2.75, 3.05) is 44.2 Å². The fourth-order valence-electron chi connectivity index (χ4n) is 7.46. The standard InChI is InChI=1S/C34H34Cl2FN5O2/c1-3-27(43)40-16-17-42(21(2)19-40)32-24-18-26(36)29(23-10-4-8-22-9-5-11-25(35)28(22)23)30(37)31(24)38-33(39-32)44-20-34-12-6-14-41(34)15-7-13-34/h3-5,8-11,18,21H,1,6-7,12-17,19-20H2,2H3/t21-/m0/s1. The van der Waals surface area contributed by atoms with E-state index in [9.17, 15) is 4.79 Å². The van der Waals surface area contributed by atoms with E-state index in [0.29, 0.717) is 48.0 Å². The van der Waals surface area contributed by atoms with Crippen LogP contribution in [0.25, 0.3) is 32.8 Å². The van der Waals surface area contributed by atoms with Gasteiger partial charge in [0.2, 0.25) is 5.91 Å². The minimum absolute atomic E-state index is 0.0220. The highest BCUT2D eigenvalue weighted by Crippen LogP contribution is 2.44. The van der Waals surface area contributed by atoms with Gasteiger partial charge in [0, 0.05) is 47.0 Å². The number of benzene rings is 3. The first-order valence-electron chi connectivity index (χ1n) is 15.2. The summed E-state index contributed by atoms with van der Waals surface area (Å²) >= 11 is 13.6. The molecule has 4 heterocycles. The molecule has 0 saturated carbocycles. The first kappa shape index (κ1) is 29.3. The van der Waals surface area contributed by atoms with Crippen LogP contribution in [0.2, 0.25) is 10.0 Å².